The number of likely N-dealkylation sites (tertiary alicyclic amines) is 1. The van der Waals surface area contributed by atoms with Crippen LogP contribution in [-0.2, 0) is 0 Å². The number of carbonyl (C=O) groups is 1. The maximum Gasteiger partial charge on any atom is 0.321 e. The molecule has 0 spiro atoms. The van der Waals surface area contributed by atoms with Crippen molar-refractivity contribution in [3.63, 3.8) is 0 Å². The van der Waals surface area contributed by atoms with Gasteiger partial charge in [-0.3, -0.25) is 0 Å². The summed E-state index contributed by atoms with van der Waals surface area (Å²) in [5.74, 6) is -0.331. The second-order valence-electron chi connectivity index (χ2n) is 4.46. The maximum atomic E-state index is 13.1. The Morgan fingerprint density at radius 2 is 1.89 bits per heavy atom. The van der Waals surface area contributed by atoms with Crippen LogP contribution in [0.1, 0.15) is 25.7 Å². The molecule has 2 amide bonds. The molecule has 3 nitrogen and oxygen atoms in total. The Bertz CT molecular complexity index is 431. The van der Waals surface area contributed by atoms with Crippen molar-refractivity contribution in [2.45, 2.75) is 25.7 Å². The molecular weight excluding hydrogens is 299 g/mol. The van der Waals surface area contributed by atoms with Gasteiger partial charge in [-0.25, -0.2) is 9.18 Å². The van der Waals surface area contributed by atoms with E-state index in [1.807, 2.05) is 4.90 Å². The molecule has 98 valence electrons. The normalized spacial score (nSPS) is 16.2. The molecule has 0 saturated carbocycles. The van der Waals surface area contributed by atoms with E-state index in [0.717, 1.165) is 25.9 Å². The first-order chi connectivity index (χ1) is 8.66. The van der Waals surface area contributed by atoms with E-state index in [1.165, 1.54) is 18.9 Å². The molecule has 0 bridgehead atoms. The molecule has 1 saturated heterocycles. The van der Waals surface area contributed by atoms with E-state index in [-0.39, 0.29) is 11.8 Å². The first kappa shape index (κ1) is 13.3. The van der Waals surface area contributed by atoms with Gasteiger partial charge >= 0.3 is 6.03 Å². The van der Waals surface area contributed by atoms with Crippen molar-refractivity contribution >= 4 is 27.6 Å². The molecule has 1 heterocycles. The van der Waals surface area contributed by atoms with Gasteiger partial charge < -0.3 is 10.2 Å². The first-order valence-electron chi connectivity index (χ1n) is 6.18. The highest BCUT2D eigenvalue weighted by Gasteiger charge is 2.15. The van der Waals surface area contributed by atoms with Gasteiger partial charge in [0.1, 0.15) is 5.82 Å². The summed E-state index contributed by atoms with van der Waals surface area (Å²) < 4.78 is 13.4. The third-order valence-corrected chi connectivity index (χ3v) is 3.67. The Morgan fingerprint density at radius 1 is 1.22 bits per heavy atom. The summed E-state index contributed by atoms with van der Waals surface area (Å²) in [6.45, 7) is 1.60. The van der Waals surface area contributed by atoms with Gasteiger partial charge in [-0.2, -0.15) is 0 Å². The van der Waals surface area contributed by atoms with Gasteiger partial charge in [-0.05, 0) is 47.0 Å². The van der Waals surface area contributed by atoms with Gasteiger partial charge in [-0.1, -0.05) is 12.8 Å². The van der Waals surface area contributed by atoms with E-state index in [1.54, 1.807) is 12.1 Å². The van der Waals surface area contributed by atoms with Crippen LogP contribution in [0.3, 0.4) is 0 Å². The Kier molecular flexibility index (Phi) is 4.58. The molecule has 18 heavy (non-hydrogen) atoms. The Labute approximate surface area is 114 Å². The summed E-state index contributed by atoms with van der Waals surface area (Å²) in [7, 11) is 0. The van der Waals surface area contributed by atoms with Crippen LogP contribution in [0, 0.1) is 5.82 Å². The first-order valence-corrected chi connectivity index (χ1v) is 6.97. The van der Waals surface area contributed by atoms with Crippen molar-refractivity contribution in [2.24, 2.45) is 0 Å². The molecule has 1 N–H and O–H groups in total. The van der Waals surface area contributed by atoms with Crippen molar-refractivity contribution < 1.29 is 9.18 Å². The SMILES string of the molecule is O=C(Nc1ccc(F)c(Br)c1)N1CCCCCC1. The Morgan fingerprint density at radius 3 is 2.50 bits per heavy atom. The van der Waals surface area contributed by atoms with E-state index in [2.05, 4.69) is 21.2 Å². The molecule has 5 heteroatoms. The second kappa shape index (κ2) is 6.18. The topological polar surface area (TPSA) is 32.3 Å². The van der Waals surface area contributed by atoms with Crippen molar-refractivity contribution in [1.82, 2.24) is 4.90 Å². The van der Waals surface area contributed by atoms with Crippen LogP contribution in [0.5, 0.6) is 0 Å². The average Bonchev–Trinajstić information content (AvgIpc) is 2.62. The van der Waals surface area contributed by atoms with Gasteiger partial charge in [0.25, 0.3) is 0 Å². The molecule has 0 aliphatic carbocycles. The molecule has 1 fully saturated rings. The Hall–Kier alpha value is -1.10. The molecule has 0 unspecified atom stereocenters. The zero-order valence-electron chi connectivity index (χ0n) is 10.1. The molecule has 0 aromatic heterocycles. The Balaban J connectivity index is 1.99. The fourth-order valence-electron chi connectivity index (χ4n) is 2.05. The number of hydrogen-bond donors (Lipinski definition) is 1. The number of amides is 2. The summed E-state index contributed by atoms with van der Waals surface area (Å²) >= 11 is 3.10. The van der Waals surface area contributed by atoms with Crippen molar-refractivity contribution in [3.8, 4) is 0 Å². The standard InChI is InChI=1S/C13H16BrFN2O/c14-11-9-10(5-6-12(11)15)16-13(18)17-7-3-1-2-4-8-17/h5-6,9H,1-4,7-8H2,(H,16,18). The van der Waals surface area contributed by atoms with Crippen LogP contribution in [-0.4, -0.2) is 24.0 Å². The van der Waals surface area contributed by atoms with Crippen LogP contribution < -0.4 is 5.32 Å². The van der Waals surface area contributed by atoms with E-state index >= 15 is 0 Å². The number of rotatable bonds is 1. The van der Waals surface area contributed by atoms with Crippen molar-refractivity contribution in [1.29, 1.82) is 0 Å². The molecule has 2 rings (SSSR count). The highest BCUT2D eigenvalue weighted by molar-refractivity contribution is 9.10. The third-order valence-electron chi connectivity index (χ3n) is 3.06. The van der Waals surface area contributed by atoms with E-state index < -0.39 is 0 Å². The number of urea groups is 1. The predicted molar refractivity (Wildman–Crippen MR) is 73.2 cm³/mol. The molecule has 1 aromatic rings. The minimum Gasteiger partial charge on any atom is -0.325 e. The summed E-state index contributed by atoms with van der Waals surface area (Å²) in [4.78, 5) is 13.8. The number of nitrogens with one attached hydrogen (secondary N) is 1. The number of nitrogens with zero attached hydrogens (tertiary/aromatic N) is 1. The lowest BCUT2D eigenvalue weighted by molar-refractivity contribution is 0.214. The van der Waals surface area contributed by atoms with Crippen LogP contribution in [0.2, 0.25) is 0 Å². The summed E-state index contributed by atoms with van der Waals surface area (Å²) in [6.07, 6.45) is 4.48. The number of benzene rings is 1. The highest BCUT2D eigenvalue weighted by Crippen LogP contribution is 2.20. The van der Waals surface area contributed by atoms with E-state index in [9.17, 15) is 9.18 Å². The molecule has 1 aromatic carbocycles. The fraction of sp³-hybridized carbons (Fsp3) is 0.462. The lowest BCUT2D eigenvalue weighted by Gasteiger charge is -2.20. The minimum atomic E-state index is -0.331. The van der Waals surface area contributed by atoms with Gasteiger partial charge in [0.05, 0.1) is 4.47 Å². The molecule has 0 atom stereocenters. The summed E-state index contributed by atoms with van der Waals surface area (Å²) in [5.41, 5.74) is 0.609. The third kappa shape index (κ3) is 3.45. The van der Waals surface area contributed by atoms with Crippen LogP contribution in [0.25, 0.3) is 0 Å². The number of carbonyl (C=O) groups excluding carboxylic acids is 1. The zero-order chi connectivity index (χ0) is 13.0. The monoisotopic (exact) mass is 314 g/mol. The summed E-state index contributed by atoms with van der Waals surface area (Å²) in [5, 5.41) is 2.80. The van der Waals surface area contributed by atoms with Gasteiger partial charge in [0.15, 0.2) is 0 Å². The average molecular weight is 315 g/mol. The molecule has 0 radical (unpaired) electrons. The van der Waals surface area contributed by atoms with Crippen LogP contribution >= 0.6 is 15.9 Å². The maximum absolute atomic E-state index is 13.1. The lowest BCUT2D eigenvalue weighted by Crippen LogP contribution is -2.35. The smallest absolute Gasteiger partial charge is 0.321 e. The van der Waals surface area contributed by atoms with Gasteiger partial charge in [0.2, 0.25) is 0 Å². The number of halogens is 2. The molecule has 1 aliphatic heterocycles. The van der Waals surface area contributed by atoms with Crippen LogP contribution in [0.15, 0.2) is 22.7 Å². The second-order valence-corrected chi connectivity index (χ2v) is 5.31. The van der Waals surface area contributed by atoms with Crippen molar-refractivity contribution in [2.75, 3.05) is 18.4 Å². The van der Waals surface area contributed by atoms with Crippen molar-refractivity contribution in [3.05, 3.63) is 28.5 Å². The quantitative estimate of drug-likeness (QED) is 0.835. The molecular formula is C13H16BrFN2O. The highest BCUT2D eigenvalue weighted by atomic mass is 79.9. The van der Waals surface area contributed by atoms with E-state index in [0.29, 0.717) is 10.2 Å². The number of hydrogen-bond acceptors (Lipinski definition) is 1. The van der Waals surface area contributed by atoms with Gasteiger partial charge in [-0.15, -0.1) is 0 Å². The van der Waals surface area contributed by atoms with Crippen LogP contribution in [0.4, 0.5) is 14.9 Å². The molecule has 1 aliphatic rings. The number of anilines is 1. The van der Waals surface area contributed by atoms with E-state index in [4.69, 9.17) is 0 Å². The zero-order valence-corrected chi connectivity index (χ0v) is 11.7. The lowest BCUT2D eigenvalue weighted by atomic mass is 10.2. The van der Waals surface area contributed by atoms with Gasteiger partial charge in [0, 0.05) is 18.8 Å². The fourth-order valence-corrected chi connectivity index (χ4v) is 2.43. The predicted octanol–water partition coefficient (Wildman–Crippen LogP) is 4.00. The summed E-state index contributed by atoms with van der Waals surface area (Å²) in [6, 6.07) is 4.37. The largest absolute Gasteiger partial charge is 0.325 e. The minimum absolute atomic E-state index is 0.101.